The molecule has 0 saturated carbocycles. The second-order valence-electron chi connectivity index (χ2n) is 18.8. The molecule has 1 aliphatic rings. The molecule has 2 unspecified atom stereocenters. The highest BCUT2D eigenvalue weighted by molar-refractivity contribution is 7.45. The zero-order valence-electron chi connectivity index (χ0n) is 39.0. The molecule has 1 heterocycles. The average Bonchev–Trinajstić information content (AvgIpc) is 3.41. The van der Waals surface area contributed by atoms with Crippen molar-refractivity contribution in [3.05, 3.63) is 0 Å². The molecule has 349 valence electrons. The quantitative estimate of drug-likeness (QED) is 0.0252. The third-order valence-electron chi connectivity index (χ3n) is 11.3. The van der Waals surface area contributed by atoms with E-state index in [4.69, 9.17) is 23.3 Å². The van der Waals surface area contributed by atoms with E-state index in [1.807, 2.05) is 21.1 Å². The molecule has 1 radical (unpaired) electrons. The molecular weight excluding hydrogens is 771 g/mol. The van der Waals surface area contributed by atoms with Gasteiger partial charge in [-0.15, -0.1) is 10.3 Å². The number of ketones is 1. The van der Waals surface area contributed by atoms with E-state index >= 15 is 0 Å². The van der Waals surface area contributed by atoms with Gasteiger partial charge in [0.05, 0.1) is 39.9 Å². The Morgan fingerprint density at radius 3 is 1.61 bits per heavy atom. The summed E-state index contributed by atoms with van der Waals surface area (Å²) in [5.41, 5.74) is -2.34. The lowest BCUT2D eigenvalue weighted by Gasteiger charge is -2.34. The third-order valence-corrected chi connectivity index (χ3v) is 12.3. The number of Topliss-reactive ketones (excluding diaryl/α,β-unsaturated/α-hetero) is 1. The van der Waals surface area contributed by atoms with Gasteiger partial charge in [0.25, 0.3) is 7.82 Å². The lowest BCUT2D eigenvalue weighted by Crippen LogP contribution is -2.54. The van der Waals surface area contributed by atoms with Crippen LogP contribution in [-0.4, -0.2) is 99.4 Å². The first-order valence-electron chi connectivity index (χ1n) is 23.9. The van der Waals surface area contributed by atoms with E-state index in [0.717, 1.165) is 50.0 Å². The van der Waals surface area contributed by atoms with Crippen molar-refractivity contribution >= 4 is 19.6 Å². The van der Waals surface area contributed by atoms with Crippen molar-refractivity contribution < 1.29 is 52.0 Å². The maximum atomic E-state index is 13.7. The molecular formula is C46H90N2O10P. The lowest BCUT2D eigenvalue weighted by atomic mass is 9.94. The van der Waals surface area contributed by atoms with Gasteiger partial charge in [-0.1, -0.05) is 155 Å². The number of hydrogen-bond donors (Lipinski definition) is 0. The van der Waals surface area contributed by atoms with Crippen LogP contribution in [0.4, 0.5) is 0 Å². The molecule has 12 nitrogen and oxygen atoms in total. The highest BCUT2D eigenvalue weighted by Gasteiger charge is 2.56. The Bertz CT molecular complexity index is 1120. The van der Waals surface area contributed by atoms with Crippen LogP contribution in [0.3, 0.4) is 0 Å². The van der Waals surface area contributed by atoms with E-state index in [1.54, 1.807) is 13.8 Å². The summed E-state index contributed by atoms with van der Waals surface area (Å²) in [7, 11) is 1.14. The Labute approximate surface area is 361 Å². The molecule has 0 spiro atoms. The molecule has 1 saturated heterocycles. The maximum absolute atomic E-state index is 13.7. The minimum absolute atomic E-state index is 0.0391. The smallest absolute Gasteiger partial charge is 0.305 e. The largest absolute Gasteiger partial charge is 0.756 e. The van der Waals surface area contributed by atoms with Crippen LogP contribution in [-0.2, 0) is 42.6 Å². The predicted molar refractivity (Wildman–Crippen MR) is 234 cm³/mol. The van der Waals surface area contributed by atoms with Gasteiger partial charge in [0.2, 0.25) is 5.72 Å². The summed E-state index contributed by atoms with van der Waals surface area (Å²) in [4.78, 5) is 38.9. The lowest BCUT2D eigenvalue weighted by molar-refractivity contribution is -0.870. The summed E-state index contributed by atoms with van der Waals surface area (Å²) < 4.78 is 40.8. The molecule has 1 rings (SSSR count). The monoisotopic (exact) mass is 862 g/mol. The molecule has 3 atom stereocenters. The SMILES string of the molecule is CCCCCCCCCCCCCCCC(=O)OC[C@@H](COP(=O)([O-])OCC[N+](C)(C)C)OCCCC(=O)C1(CCCCCCCCCCCCC)OCC(C)(C)N1[O]. The van der Waals surface area contributed by atoms with Gasteiger partial charge in [-0.3, -0.25) is 14.2 Å². The fourth-order valence-corrected chi connectivity index (χ4v) is 8.17. The fraction of sp³-hybridized carbons (Fsp3) is 0.957. The van der Waals surface area contributed by atoms with E-state index in [9.17, 15) is 24.3 Å². The van der Waals surface area contributed by atoms with Crippen LogP contribution in [0.1, 0.15) is 207 Å². The van der Waals surface area contributed by atoms with Crippen LogP contribution in [0.2, 0.25) is 0 Å². The van der Waals surface area contributed by atoms with Crippen molar-refractivity contribution in [1.82, 2.24) is 5.06 Å². The summed E-state index contributed by atoms with van der Waals surface area (Å²) in [5.74, 6) is -0.650. The van der Waals surface area contributed by atoms with Gasteiger partial charge in [-0.05, 0) is 39.5 Å². The van der Waals surface area contributed by atoms with E-state index in [2.05, 4.69) is 13.8 Å². The number of quaternary nitrogens is 1. The first-order chi connectivity index (χ1) is 28.1. The standard InChI is InChI=1S/C46H90N2O10P/c1-8-10-12-14-16-18-20-21-22-24-26-28-30-34-44(50)55-39-42(40-58-59(52,53)57-38-36-48(5,6)7)54-37-32-33-43(49)46(47(51)45(3,4)41-56-46)35-31-29-27-25-23-19-17-15-13-11-9-2/h42H,8-41H2,1-7H3/t42-,46?/m0/s1. The van der Waals surface area contributed by atoms with Crippen LogP contribution < -0.4 is 4.89 Å². The minimum Gasteiger partial charge on any atom is -0.756 e. The molecule has 0 amide bonds. The number of unbranched alkanes of at least 4 members (excludes halogenated alkanes) is 22. The number of phosphoric ester groups is 1. The Morgan fingerprint density at radius 2 is 1.15 bits per heavy atom. The van der Waals surface area contributed by atoms with Crippen molar-refractivity contribution in [3.63, 3.8) is 0 Å². The summed E-state index contributed by atoms with van der Waals surface area (Å²) in [5, 5.41) is 14.4. The number of hydrogen-bond acceptors (Lipinski definition) is 10. The van der Waals surface area contributed by atoms with Gasteiger partial charge in [0, 0.05) is 19.4 Å². The van der Waals surface area contributed by atoms with Crippen molar-refractivity contribution in [2.24, 2.45) is 0 Å². The Morgan fingerprint density at radius 1 is 0.678 bits per heavy atom. The number of ether oxygens (including phenoxy) is 3. The summed E-state index contributed by atoms with van der Waals surface area (Å²) in [6, 6.07) is 0. The summed E-state index contributed by atoms with van der Waals surface area (Å²) >= 11 is 0. The van der Waals surface area contributed by atoms with Crippen LogP contribution in [0.15, 0.2) is 0 Å². The van der Waals surface area contributed by atoms with E-state index in [-0.39, 0.29) is 57.4 Å². The van der Waals surface area contributed by atoms with Gasteiger partial charge < -0.3 is 32.6 Å². The van der Waals surface area contributed by atoms with Crippen LogP contribution >= 0.6 is 7.82 Å². The molecule has 13 heteroatoms. The molecule has 1 fully saturated rings. The molecule has 59 heavy (non-hydrogen) atoms. The van der Waals surface area contributed by atoms with Crippen molar-refractivity contribution in [1.29, 1.82) is 0 Å². The number of nitrogens with zero attached hydrogens (tertiary/aromatic N) is 2. The Balaban J connectivity index is 2.59. The first kappa shape index (κ1) is 56.1. The van der Waals surface area contributed by atoms with Gasteiger partial charge in [0.15, 0.2) is 5.78 Å². The highest BCUT2D eigenvalue weighted by Crippen LogP contribution is 2.40. The number of likely N-dealkylation sites (N-methyl/N-ethyl adjacent to an activating group) is 1. The van der Waals surface area contributed by atoms with Gasteiger partial charge in [-0.25, -0.2) is 0 Å². The number of esters is 1. The molecule has 0 aromatic heterocycles. The van der Waals surface area contributed by atoms with Crippen molar-refractivity contribution in [3.8, 4) is 0 Å². The van der Waals surface area contributed by atoms with Gasteiger partial charge >= 0.3 is 5.97 Å². The molecule has 0 aliphatic carbocycles. The van der Waals surface area contributed by atoms with E-state index < -0.39 is 31.8 Å². The Hall–Kier alpha value is -0.950. The number of hydroxylamine groups is 2. The molecule has 0 aromatic carbocycles. The fourth-order valence-electron chi connectivity index (χ4n) is 7.44. The number of phosphoric acid groups is 1. The third kappa shape index (κ3) is 27.7. The topological polar surface area (TPSA) is 144 Å². The van der Waals surface area contributed by atoms with Crippen molar-refractivity contribution in [2.45, 2.75) is 225 Å². The van der Waals surface area contributed by atoms with Gasteiger partial charge in [-0.2, -0.15) is 0 Å². The number of carbonyl (C=O) groups excluding carboxylic acids is 2. The second-order valence-corrected chi connectivity index (χ2v) is 20.2. The first-order valence-corrected chi connectivity index (χ1v) is 25.4. The van der Waals surface area contributed by atoms with Crippen LogP contribution in [0.5, 0.6) is 0 Å². The number of rotatable bonds is 41. The van der Waals surface area contributed by atoms with E-state index in [1.165, 1.54) is 109 Å². The van der Waals surface area contributed by atoms with E-state index in [0.29, 0.717) is 17.4 Å². The summed E-state index contributed by atoms with van der Waals surface area (Å²) in [6.07, 6.45) is 28.7. The second kappa shape index (κ2) is 32.7. The molecule has 1 aliphatic heterocycles. The van der Waals surface area contributed by atoms with Gasteiger partial charge in [0.1, 0.15) is 25.9 Å². The number of carbonyl (C=O) groups is 2. The highest BCUT2D eigenvalue weighted by atomic mass is 31.2. The maximum Gasteiger partial charge on any atom is 0.305 e. The Kier molecular flexibility index (Phi) is 31.1. The normalized spacial score (nSPS) is 18.6. The predicted octanol–water partition coefficient (Wildman–Crippen LogP) is 10.8. The molecule has 0 bridgehead atoms. The zero-order valence-corrected chi connectivity index (χ0v) is 39.9. The molecule has 0 N–H and O–H groups in total. The van der Waals surface area contributed by atoms with Crippen LogP contribution in [0, 0.1) is 0 Å². The minimum atomic E-state index is -4.64. The zero-order chi connectivity index (χ0) is 43.9. The summed E-state index contributed by atoms with van der Waals surface area (Å²) in [6.45, 7) is 8.13. The van der Waals surface area contributed by atoms with Crippen LogP contribution in [0.25, 0.3) is 0 Å². The average molecular weight is 862 g/mol. The van der Waals surface area contributed by atoms with Crippen molar-refractivity contribution in [2.75, 3.05) is 60.7 Å². The molecule has 0 aromatic rings.